The number of rotatable bonds is 5. The second kappa shape index (κ2) is 6.62. The van der Waals surface area contributed by atoms with E-state index in [9.17, 15) is 13.2 Å². The zero-order valence-electron chi connectivity index (χ0n) is 14.7. The van der Waals surface area contributed by atoms with Crippen LogP contribution in [0, 0.1) is 5.92 Å². The molecule has 2 aliphatic rings. The van der Waals surface area contributed by atoms with Crippen LogP contribution >= 0.6 is 0 Å². The summed E-state index contributed by atoms with van der Waals surface area (Å²) in [5.74, 6) is 0.401. The maximum absolute atomic E-state index is 12.6. The topological polar surface area (TPSA) is 108 Å². The van der Waals surface area contributed by atoms with Crippen LogP contribution in [0.25, 0.3) is 11.2 Å². The lowest BCUT2D eigenvalue weighted by molar-refractivity contribution is 0.0943. The second-order valence-corrected chi connectivity index (χ2v) is 9.29. The van der Waals surface area contributed by atoms with Crippen molar-refractivity contribution in [2.75, 3.05) is 25.9 Å². The number of aromatic amines is 1. The van der Waals surface area contributed by atoms with Crippen molar-refractivity contribution in [3.8, 4) is 0 Å². The summed E-state index contributed by atoms with van der Waals surface area (Å²) in [7, 11) is -3.18. The van der Waals surface area contributed by atoms with E-state index in [1.54, 1.807) is 12.4 Å². The molecular formula is C17H23N5O3S. The smallest absolute Gasteiger partial charge is 0.255 e. The second-order valence-electron chi connectivity index (χ2n) is 7.31. The molecule has 1 aliphatic carbocycles. The predicted octanol–water partition coefficient (Wildman–Crippen LogP) is 1.24. The highest BCUT2D eigenvalue weighted by Gasteiger charge is 2.28. The van der Waals surface area contributed by atoms with Crippen molar-refractivity contribution in [3.63, 3.8) is 0 Å². The molecule has 1 saturated heterocycles. The van der Waals surface area contributed by atoms with E-state index in [1.165, 1.54) is 10.6 Å². The molecule has 4 rings (SSSR count). The van der Waals surface area contributed by atoms with Crippen LogP contribution in [0.15, 0.2) is 12.4 Å². The zero-order valence-corrected chi connectivity index (χ0v) is 15.6. The molecule has 0 radical (unpaired) electrons. The number of sulfonamides is 1. The summed E-state index contributed by atoms with van der Waals surface area (Å²) in [5, 5.41) is 2.94. The molecule has 8 nitrogen and oxygen atoms in total. The van der Waals surface area contributed by atoms with Crippen LogP contribution in [0.1, 0.15) is 47.7 Å². The van der Waals surface area contributed by atoms with Gasteiger partial charge in [0.15, 0.2) is 5.65 Å². The van der Waals surface area contributed by atoms with Crippen LogP contribution in [0.4, 0.5) is 0 Å². The minimum absolute atomic E-state index is 0.126. The van der Waals surface area contributed by atoms with Crippen LogP contribution in [0.5, 0.6) is 0 Å². The summed E-state index contributed by atoms with van der Waals surface area (Å²) in [4.78, 5) is 24.6. The molecule has 2 aromatic heterocycles. The van der Waals surface area contributed by atoms with Crippen LogP contribution in [0.3, 0.4) is 0 Å². The Bertz CT molecular complexity index is 935. The van der Waals surface area contributed by atoms with Crippen LogP contribution in [0.2, 0.25) is 0 Å². The number of hydrogen-bond acceptors (Lipinski definition) is 5. The number of piperidine rings is 1. The average Bonchev–Trinajstić information content (AvgIpc) is 3.38. The van der Waals surface area contributed by atoms with Gasteiger partial charge in [0.25, 0.3) is 5.91 Å². The van der Waals surface area contributed by atoms with E-state index in [1.807, 2.05) is 0 Å². The van der Waals surface area contributed by atoms with E-state index in [0.29, 0.717) is 42.3 Å². The van der Waals surface area contributed by atoms with Gasteiger partial charge in [-0.15, -0.1) is 0 Å². The predicted molar refractivity (Wildman–Crippen MR) is 97.3 cm³/mol. The summed E-state index contributed by atoms with van der Waals surface area (Å²) in [5.41, 5.74) is 2.65. The monoisotopic (exact) mass is 377 g/mol. The van der Waals surface area contributed by atoms with E-state index in [-0.39, 0.29) is 11.8 Å². The van der Waals surface area contributed by atoms with Gasteiger partial charge in [-0.05, 0) is 31.6 Å². The number of carbonyl (C=O) groups excluding carboxylic acids is 1. The Labute approximate surface area is 152 Å². The van der Waals surface area contributed by atoms with Gasteiger partial charge in [0, 0.05) is 31.7 Å². The fourth-order valence-corrected chi connectivity index (χ4v) is 4.42. The van der Waals surface area contributed by atoms with Crippen molar-refractivity contribution in [2.45, 2.75) is 31.6 Å². The summed E-state index contributed by atoms with van der Waals surface area (Å²) in [6.45, 7) is 1.47. The van der Waals surface area contributed by atoms with E-state index in [4.69, 9.17) is 0 Å². The lowest BCUT2D eigenvalue weighted by Gasteiger charge is -2.30. The fourth-order valence-electron chi connectivity index (χ4n) is 3.48. The van der Waals surface area contributed by atoms with Gasteiger partial charge in [0.1, 0.15) is 5.52 Å². The standard InChI is InChI=1S/C17H23N5O3S/c1-26(24,25)22-6-2-3-11(10-22)7-20-17(23)13-8-18-16-15(13)21-14(9-19-16)12-4-5-12/h8-9,11-12H,2-7,10H2,1H3,(H,18,19)(H,20,23). The van der Waals surface area contributed by atoms with Gasteiger partial charge in [0.05, 0.1) is 23.7 Å². The Morgan fingerprint density at radius 3 is 2.92 bits per heavy atom. The van der Waals surface area contributed by atoms with Gasteiger partial charge in [0.2, 0.25) is 10.0 Å². The summed E-state index contributed by atoms with van der Waals surface area (Å²) in [6.07, 6.45) is 8.63. The quantitative estimate of drug-likeness (QED) is 0.815. The SMILES string of the molecule is CS(=O)(=O)N1CCCC(CNC(=O)c2c[nH]c3ncc(C4CC4)nc23)C1. The lowest BCUT2D eigenvalue weighted by Crippen LogP contribution is -2.43. The van der Waals surface area contributed by atoms with Gasteiger partial charge in [-0.2, -0.15) is 0 Å². The van der Waals surface area contributed by atoms with Crippen LogP contribution in [-0.4, -0.2) is 59.5 Å². The first kappa shape index (κ1) is 17.4. The highest BCUT2D eigenvalue weighted by atomic mass is 32.2. The number of hydrogen-bond donors (Lipinski definition) is 2. The Morgan fingerprint density at radius 1 is 1.38 bits per heavy atom. The number of nitrogens with zero attached hydrogens (tertiary/aromatic N) is 3. The first-order chi connectivity index (χ1) is 12.4. The molecule has 140 valence electrons. The average molecular weight is 377 g/mol. The minimum atomic E-state index is -3.18. The fraction of sp³-hybridized carbons (Fsp3) is 0.588. The Hall–Kier alpha value is -2.00. The normalized spacial score (nSPS) is 21.8. The largest absolute Gasteiger partial charge is 0.352 e. The van der Waals surface area contributed by atoms with E-state index in [2.05, 4.69) is 20.3 Å². The molecule has 3 heterocycles. The molecule has 1 unspecified atom stereocenters. The number of H-pyrrole nitrogens is 1. The van der Waals surface area contributed by atoms with Gasteiger partial charge >= 0.3 is 0 Å². The minimum Gasteiger partial charge on any atom is -0.352 e. The molecule has 0 spiro atoms. The molecule has 2 fully saturated rings. The highest BCUT2D eigenvalue weighted by molar-refractivity contribution is 7.88. The Balaban J connectivity index is 1.43. The van der Waals surface area contributed by atoms with Gasteiger partial charge in [-0.25, -0.2) is 22.7 Å². The summed E-state index contributed by atoms with van der Waals surface area (Å²) >= 11 is 0. The molecule has 1 amide bonds. The molecule has 0 aromatic carbocycles. The van der Waals surface area contributed by atoms with E-state index >= 15 is 0 Å². The molecule has 0 bridgehead atoms. The third kappa shape index (κ3) is 3.59. The third-order valence-corrected chi connectivity index (χ3v) is 6.41. The zero-order chi connectivity index (χ0) is 18.3. The van der Waals surface area contributed by atoms with Gasteiger partial charge in [-0.1, -0.05) is 0 Å². The van der Waals surface area contributed by atoms with Crippen molar-refractivity contribution in [1.82, 2.24) is 24.6 Å². The molecule has 1 saturated carbocycles. The molecule has 2 N–H and O–H groups in total. The van der Waals surface area contributed by atoms with E-state index < -0.39 is 10.0 Å². The molecule has 2 aromatic rings. The maximum Gasteiger partial charge on any atom is 0.255 e. The number of aromatic nitrogens is 3. The third-order valence-electron chi connectivity index (χ3n) is 5.14. The highest BCUT2D eigenvalue weighted by Crippen LogP contribution is 2.39. The van der Waals surface area contributed by atoms with Crippen molar-refractivity contribution >= 4 is 27.1 Å². The van der Waals surface area contributed by atoms with E-state index in [0.717, 1.165) is 31.4 Å². The van der Waals surface area contributed by atoms with Crippen molar-refractivity contribution in [1.29, 1.82) is 0 Å². The number of carbonyl (C=O) groups is 1. The number of nitrogens with one attached hydrogen (secondary N) is 2. The Morgan fingerprint density at radius 2 is 2.19 bits per heavy atom. The maximum atomic E-state index is 12.6. The molecule has 9 heteroatoms. The van der Waals surface area contributed by atoms with Crippen molar-refractivity contribution in [2.24, 2.45) is 5.92 Å². The lowest BCUT2D eigenvalue weighted by atomic mass is 9.99. The Kier molecular flexibility index (Phi) is 4.44. The van der Waals surface area contributed by atoms with Crippen molar-refractivity contribution in [3.05, 3.63) is 23.7 Å². The van der Waals surface area contributed by atoms with Crippen molar-refractivity contribution < 1.29 is 13.2 Å². The molecular weight excluding hydrogens is 354 g/mol. The number of fused-ring (bicyclic) bond motifs is 1. The van der Waals surface area contributed by atoms with Crippen LogP contribution < -0.4 is 5.32 Å². The summed E-state index contributed by atoms with van der Waals surface area (Å²) in [6, 6.07) is 0. The molecule has 26 heavy (non-hydrogen) atoms. The molecule has 1 aliphatic heterocycles. The first-order valence-corrected chi connectivity index (χ1v) is 10.8. The van der Waals surface area contributed by atoms with Crippen LogP contribution in [-0.2, 0) is 10.0 Å². The number of amides is 1. The van der Waals surface area contributed by atoms with Gasteiger partial charge < -0.3 is 10.3 Å². The molecule has 1 atom stereocenters. The first-order valence-electron chi connectivity index (χ1n) is 8.99. The van der Waals surface area contributed by atoms with Gasteiger partial charge in [-0.3, -0.25) is 4.79 Å². The summed E-state index contributed by atoms with van der Waals surface area (Å²) < 4.78 is 24.9.